The van der Waals surface area contributed by atoms with Gasteiger partial charge in [-0.2, -0.15) is 4.98 Å². The van der Waals surface area contributed by atoms with Gasteiger partial charge in [0.25, 0.3) is 5.91 Å². The van der Waals surface area contributed by atoms with Gasteiger partial charge in [0.2, 0.25) is 5.95 Å². The van der Waals surface area contributed by atoms with E-state index in [2.05, 4.69) is 44.2 Å². The summed E-state index contributed by atoms with van der Waals surface area (Å²) in [5.74, 6) is 0.813. The molecule has 0 radical (unpaired) electrons. The quantitative estimate of drug-likeness (QED) is 0.148. The number of rotatable bonds is 13. The normalized spacial score (nSPS) is 12.7. The number of anilines is 4. The first kappa shape index (κ1) is 33.6. The summed E-state index contributed by atoms with van der Waals surface area (Å²) in [7, 11) is 2.18. The molecule has 1 amide bonds. The molecule has 0 bridgehead atoms. The van der Waals surface area contributed by atoms with Crippen molar-refractivity contribution in [3.63, 3.8) is 0 Å². The van der Waals surface area contributed by atoms with Gasteiger partial charge < -0.3 is 26.0 Å². The zero-order valence-electron chi connectivity index (χ0n) is 26.0. The number of allylic oxidation sites excluding steroid dienone is 3. The fourth-order valence-corrected chi connectivity index (χ4v) is 5.42. The van der Waals surface area contributed by atoms with Crippen LogP contribution in [-0.2, 0) is 10.8 Å². The number of aromatic nitrogens is 2. The van der Waals surface area contributed by atoms with E-state index in [1.54, 1.807) is 13.1 Å². The molecule has 230 valence electrons. The average Bonchev–Trinajstić information content (AvgIpc) is 2.97. The lowest BCUT2D eigenvalue weighted by molar-refractivity contribution is 0.0962. The molecule has 0 fully saturated rings. The van der Waals surface area contributed by atoms with E-state index in [1.165, 1.54) is 6.20 Å². The molecule has 3 rings (SSSR count). The van der Waals surface area contributed by atoms with Crippen molar-refractivity contribution >= 4 is 57.1 Å². The highest BCUT2D eigenvalue weighted by molar-refractivity contribution is 7.85. The van der Waals surface area contributed by atoms with Crippen LogP contribution in [0, 0.1) is 0 Å². The first-order valence-electron chi connectivity index (χ1n) is 14.2. The molecular weight excluding hydrogens is 584 g/mol. The van der Waals surface area contributed by atoms with E-state index in [-0.39, 0.29) is 28.2 Å². The summed E-state index contributed by atoms with van der Waals surface area (Å²) in [5, 5.41) is 12.6. The molecule has 9 nitrogen and oxygen atoms in total. The summed E-state index contributed by atoms with van der Waals surface area (Å²) in [4.78, 5) is 22.7. The third-order valence-electron chi connectivity index (χ3n) is 6.19. The topological polar surface area (TPSA) is 117 Å². The van der Waals surface area contributed by atoms with E-state index in [0.29, 0.717) is 39.0 Å². The number of carbonyl (C=O) groups is 1. The van der Waals surface area contributed by atoms with Gasteiger partial charge in [0.05, 0.1) is 44.9 Å². The van der Waals surface area contributed by atoms with E-state index >= 15 is 0 Å². The monoisotopic (exact) mass is 624 g/mol. The zero-order chi connectivity index (χ0) is 31.7. The second kappa shape index (κ2) is 15.5. The molecule has 0 aliphatic heterocycles. The number of hydrogen-bond acceptors (Lipinski definition) is 8. The molecule has 0 aliphatic carbocycles. The summed E-state index contributed by atoms with van der Waals surface area (Å²) < 4.78 is 19.1. The standard InChI is InChI=1S/C32H41ClN6O3S/c1-9-12-21(6)15-26(34-7)22-17-28(42-19(2)3)27(16-23(22)31(40)35-8)38-32-36-18-24(33)30(39-32)37-25-13-10-11-14-29(25)43(41)20(4)5/h10-20,34H,9H2,1-8H3,(H,35,40)(H2,36,37,38,39)/b21-12+,26-15-. The highest BCUT2D eigenvalue weighted by atomic mass is 35.5. The van der Waals surface area contributed by atoms with Gasteiger partial charge in [-0.3, -0.25) is 9.00 Å². The molecule has 0 spiro atoms. The Bertz CT molecular complexity index is 1540. The fourth-order valence-electron chi connectivity index (χ4n) is 4.23. The molecule has 2 aromatic carbocycles. The first-order chi connectivity index (χ1) is 20.5. The fraction of sp³-hybridized carbons (Fsp3) is 0.344. The highest BCUT2D eigenvalue weighted by Gasteiger charge is 2.21. The number of carbonyl (C=O) groups excluding carboxylic acids is 1. The molecule has 1 unspecified atom stereocenters. The van der Waals surface area contributed by atoms with Crippen molar-refractivity contribution in [1.82, 2.24) is 20.6 Å². The lowest BCUT2D eigenvalue weighted by Crippen LogP contribution is -2.22. The van der Waals surface area contributed by atoms with Crippen LogP contribution in [0.3, 0.4) is 0 Å². The number of benzene rings is 2. The smallest absolute Gasteiger partial charge is 0.251 e. The summed E-state index contributed by atoms with van der Waals surface area (Å²) in [6.07, 6.45) is 6.33. The Balaban J connectivity index is 2.11. The third kappa shape index (κ3) is 8.81. The molecule has 43 heavy (non-hydrogen) atoms. The van der Waals surface area contributed by atoms with Crippen molar-refractivity contribution in [3.05, 3.63) is 76.5 Å². The van der Waals surface area contributed by atoms with Gasteiger partial charge >= 0.3 is 0 Å². The Morgan fingerprint density at radius 2 is 1.77 bits per heavy atom. The third-order valence-corrected chi connectivity index (χ3v) is 8.11. The van der Waals surface area contributed by atoms with Crippen LogP contribution in [0.4, 0.5) is 23.1 Å². The van der Waals surface area contributed by atoms with E-state index in [0.717, 1.165) is 17.7 Å². The number of ether oxygens (including phenoxy) is 1. The minimum absolute atomic E-state index is 0.0669. The van der Waals surface area contributed by atoms with Crippen molar-refractivity contribution in [2.45, 2.75) is 64.2 Å². The Morgan fingerprint density at radius 3 is 2.40 bits per heavy atom. The Morgan fingerprint density at radius 1 is 1.05 bits per heavy atom. The largest absolute Gasteiger partial charge is 0.489 e. The van der Waals surface area contributed by atoms with Crippen molar-refractivity contribution in [2.24, 2.45) is 0 Å². The molecule has 11 heteroatoms. The van der Waals surface area contributed by atoms with E-state index in [1.807, 2.05) is 78.1 Å². The molecule has 0 saturated heterocycles. The summed E-state index contributed by atoms with van der Waals surface area (Å²) in [6.45, 7) is 11.8. The Labute approximate surface area is 262 Å². The zero-order valence-corrected chi connectivity index (χ0v) is 27.5. The van der Waals surface area contributed by atoms with Crippen LogP contribution in [-0.4, -0.2) is 45.5 Å². The maximum atomic E-state index is 13.1. The van der Waals surface area contributed by atoms with Crippen LogP contribution < -0.4 is 26.0 Å². The molecule has 0 saturated carbocycles. The van der Waals surface area contributed by atoms with Gasteiger partial charge in [-0.25, -0.2) is 4.98 Å². The lowest BCUT2D eigenvalue weighted by Gasteiger charge is -2.20. The minimum Gasteiger partial charge on any atom is -0.489 e. The second-order valence-electron chi connectivity index (χ2n) is 10.3. The maximum Gasteiger partial charge on any atom is 0.251 e. The van der Waals surface area contributed by atoms with Crippen LogP contribution in [0.1, 0.15) is 63.9 Å². The van der Waals surface area contributed by atoms with Crippen LogP contribution in [0.15, 0.2) is 65.2 Å². The predicted molar refractivity (Wildman–Crippen MR) is 178 cm³/mol. The number of amides is 1. The number of nitrogens with one attached hydrogen (secondary N) is 4. The van der Waals surface area contributed by atoms with E-state index in [9.17, 15) is 9.00 Å². The van der Waals surface area contributed by atoms with Gasteiger partial charge in [0.1, 0.15) is 10.8 Å². The molecule has 3 aromatic rings. The number of para-hydroxylation sites is 1. The van der Waals surface area contributed by atoms with E-state index in [4.69, 9.17) is 16.3 Å². The summed E-state index contributed by atoms with van der Waals surface area (Å²) in [6, 6.07) is 10.9. The van der Waals surface area contributed by atoms with Crippen LogP contribution >= 0.6 is 11.6 Å². The van der Waals surface area contributed by atoms with Crippen molar-refractivity contribution in [1.29, 1.82) is 0 Å². The van der Waals surface area contributed by atoms with E-state index < -0.39 is 10.8 Å². The Hall–Kier alpha value is -3.89. The maximum absolute atomic E-state index is 13.1. The van der Waals surface area contributed by atoms with Crippen LogP contribution in [0.5, 0.6) is 5.75 Å². The molecular formula is C32H41ClN6O3S. The van der Waals surface area contributed by atoms with Crippen LogP contribution in [0.2, 0.25) is 5.02 Å². The van der Waals surface area contributed by atoms with Gasteiger partial charge in [-0.1, -0.05) is 56.2 Å². The number of hydrogen-bond donors (Lipinski definition) is 4. The minimum atomic E-state index is -1.23. The number of halogens is 1. The Kier molecular flexibility index (Phi) is 12.1. The highest BCUT2D eigenvalue weighted by Crippen LogP contribution is 2.35. The first-order valence-corrected chi connectivity index (χ1v) is 15.8. The van der Waals surface area contributed by atoms with Crippen molar-refractivity contribution in [2.75, 3.05) is 24.7 Å². The van der Waals surface area contributed by atoms with Gasteiger partial charge in [0, 0.05) is 30.6 Å². The lowest BCUT2D eigenvalue weighted by atomic mass is 10.00. The average molecular weight is 625 g/mol. The van der Waals surface area contributed by atoms with Crippen LogP contribution in [0.25, 0.3) is 5.70 Å². The molecule has 1 atom stereocenters. The summed E-state index contributed by atoms with van der Waals surface area (Å²) in [5.41, 5.74) is 4.09. The molecule has 1 heterocycles. The van der Waals surface area contributed by atoms with Gasteiger partial charge in [-0.05, 0) is 57.5 Å². The molecule has 1 aromatic heterocycles. The predicted octanol–water partition coefficient (Wildman–Crippen LogP) is 7.20. The molecule has 4 N–H and O–H groups in total. The van der Waals surface area contributed by atoms with Gasteiger partial charge in [0.15, 0.2) is 5.82 Å². The van der Waals surface area contributed by atoms with Crippen molar-refractivity contribution < 1.29 is 13.7 Å². The summed E-state index contributed by atoms with van der Waals surface area (Å²) >= 11 is 6.48. The van der Waals surface area contributed by atoms with Crippen molar-refractivity contribution in [3.8, 4) is 5.75 Å². The second-order valence-corrected chi connectivity index (χ2v) is 12.7. The SMILES string of the molecule is CC/C=C(C)/C=C(\NC)c1cc(OC(C)C)c(Nc2ncc(Cl)c(Nc3ccccc3S(=O)C(C)C)n2)cc1C(=O)NC. The van der Waals surface area contributed by atoms with Gasteiger partial charge in [-0.15, -0.1) is 0 Å². The number of nitrogens with zero attached hydrogens (tertiary/aromatic N) is 2. The molecule has 0 aliphatic rings.